The van der Waals surface area contributed by atoms with Crippen molar-refractivity contribution >= 4 is 0 Å². The average Bonchev–Trinajstić information content (AvgIpc) is 2.82. The summed E-state index contributed by atoms with van der Waals surface area (Å²) in [5, 5.41) is 15.3. The van der Waals surface area contributed by atoms with E-state index in [0.29, 0.717) is 5.92 Å². The predicted molar refractivity (Wildman–Crippen MR) is 73.1 cm³/mol. The van der Waals surface area contributed by atoms with Gasteiger partial charge in [-0.15, -0.1) is 5.10 Å². The molecule has 0 aliphatic heterocycles. The van der Waals surface area contributed by atoms with E-state index in [1.165, 1.54) is 25.7 Å². The second-order valence-corrected chi connectivity index (χ2v) is 4.87. The smallest absolute Gasteiger partial charge is 0.165 e. The Labute approximate surface area is 110 Å². The minimum Gasteiger partial charge on any atom is -0.310 e. The third-order valence-electron chi connectivity index (χ3n) is 3.29. The largest absolute Gasteiger partial charge is 0.310 e. The molecule has 0 amide bonds. The van der Waals surface area contributed by atoms with E-state index in [-0.39, 0.29) is 0 Å². The van der Waals surface area contributed by atoms with Crippen LogP contribution < -0.4 is 5.32 Å². The number of nitrogens with zero attached hydrogens (tertiary/aromatic N) is 4. The Bertz CT molecular complexity index is 310. The van der Waals surface area contributed by atoms with Crippen LogP contribution >= 0.6 is 0 Å². The first kappa shape index (κ1) is 15.1. The summed E-state index contributed by atoms with van der Waals surface area (Å²) < 4.78 is 1.96. The molecule has 0 radical (unpaired) electrons. The highest BCUT2D eigenvalue weighted by molar-refractivity contribution is 4.80. The number of aromatic nitrogens is 4. The van der Waals surface area contributed by atoms with E-state index < -0.39 is 0 Å². The van der Waals surface area contributed by atoms with Gasteiger partial charge in [0.25, 0.3) is 0 Å². The fourth-order valence-corrected chi connectivity index (χ4v) is 2.03. The summed E-state index contributed by atoms with van der Waals surface area (Å²) in [5.41, 5.74) is 0. The fraction of sp³-hybridized carbons (Fsp3) is 0.923. The van der Waals surface area contributed by atoms with Crippen molar-refractivity contribution in [3.63, 3.8) is 0 Å². The lowest BCUT2D eigenvalue weighted by Gasteiger charge is -2.15. The topological polar surface area (TPSA) is 55.6 Å². The molecule has 0 fully saturated rings. The molecule has 104 valence electrons. The van der Waals surface area contributed by atoms with E-state index in [1.54, 1.807) is 0 Å². The van der Waals surface area contributed by atoms with Crippen LogP contribution in [0.2, 0.25) is 0 Å². The first-order valence-electron chi connectivity index (χ1n) is 7.27. The zero-order valence-electron chi connectivity index (χ0n) is 12.0. The Morgan fingerprint density at radius 1 is 1.22 bits per heavy atom. The highest BCUT2D eigenvalue weighted by Gasteiger charge is 2.11. The lowest BCUT2D eigenvalue weighted by atomic mass is 9.99. The van der Waals surface area contributed by atoms with E-state index in [4.69, 9.17) is 0 Å². The Hall–Kier alpha value is -0.970. The molecule has 1 aromatic rings. The van der Waals surface area contributed by atoms with E-state index in [1.807, 2.05) is 4.68 Å². The highest BCUT2D eigenvalue weighted by Crippen LogP contribution is 2.14. The lowest BCUT2D eigenvalue weighted by molar-refractivity contribution is 0.359. The maximum absolute atomic E-state index is 4.11. The Morgan fingerprint density at radius 3 is 2.72 bits per heavy atom. The van der Waals surface area contributed by atoms with E-state index >= 15 is 0 Å². The summed E-state index contributed by atoms with van der Waals surface area (Å²) in [6, 6.07) is 0. The maximum atomic E-state index is 4.11. The fourth-order valence-electron chi connectivity index (χ4n) is 2.03. The number of tetrazole rings is 1. The van der Waals surface area contributed by atoms with Gasteiger partial charge in [0.05, 0.1) is 6.54 Å². The first-order chi connectivity index (χ1) is 8.81. The molecule has 5 heteroatoms. The summed E-state index contributed by atoms with van der Waals surface area (Å²) in [6.45, 7) is 9.38. The van der Waals surface area contributed by atoms with Crippen molar-refractivity contribution in [2.24, 2.45) is 5.92 Å². The summed E-state index contributed by atoms with van der Waals surface area (Å²) in [7, 11) is 0. The average molecular weight is 253 g/mol. The molecule has 1 unspecified atom stereocenters. The molecule has 0 bridgehead atoms. The van der Waals surface area contributed by atoms with Gasteiger partial charge in [-0.25, -0.2) is 4.68 Å². The van der Waals surface area contributed by atoms with Crippen LogP contribution in [-0.4, -0.2) is 26.8 Å². The van der Waals surface area contributed by atoms with E-state index in [0.717, 1.165) is 31.9 Å². The van der Waals surface area contributed by atoms with Gasteiger partial charge in [-0.3, -0.25) is 0 Å². The van der Waals surface area contributed by atoms with Gasteiger partial charge in [0, 0.05) is 6.54 Å². The second-order valence-electron chi connectivity index (χ2n) is 4.87. The molecule has 1 rings (SSSR count). The first-order valence-corrected chi connectivity index (χ1v) is 7.27. The molecule has 0 aliphatic carbocycles. The third-order valence-corrected chi connectivity index (χ3v) is 3.29. The van der Waals surface area contributed by atoms with Crippen molar-refractivity contribution in [2.45, 2.75) is 66.0 Å². The Morgan fingerprint density at radius 2 is 2.06 bits per heavy atom. The van der Waals surface area contributed by atoms with Crippen LogP contribution in [0.1, 0.15) is 58.7 Å². The number of hydrogen-bond donors (Lipinski definition) is 1. The highest BCUT2D eigenvalue weighted by atomic mass is 15.5. The van der Waals surface area contributed by atoms with Gasteiger partial charge < -0.3 is 5.32 Å². The zero-order chi connectivity index (χ0) is 13.2. The Kier molecular flexibility index (Phi) is 7.57. The van der Waals surface area contributed by atoms with Crippen LogP contribution in [0.25, 0.3) is 0 Å². The van der Waals surface area contributed by atoms with Gasteiger partial charge in [0.1, 0.15) is 0 Å². The normalized spacial score (nSPS) is 12.8. The molecule has 1 heterocycles. The molecule has 1 aromatic heterocycles. The van der Waals surface area contributed by atoms with Gasteiger partial charge in [-0.2, -0.15) is 0 Å². The van der Waals surface area contributed by atoms with Crippen LogP contribution in [0.3, 0.4) is 0 Å². The number of rotatable bonds is 10. The minimum atomic E-state index is 0.693. The van der Waals surface area contributed by atoms with Crippen LogP contribution in [0, 0.1) is 5.92 Å². The SMILES string of the molecule is CCCCC(CC)Cn1nnnc1CNCCC. The standard InChI is InChI=1S/C13H27N5/c1-4-7-8-12(6-3)11-18-13(15-16-17-18)10-14-9-5-2/h12,14H,4-11H2,1-3H3. The van der Waals surface area contributed by atoms with Gasteiger partial charge in [-0.1, -0.05) is 40.0 Å². The third kappa shape index (κ3) is 5.12. The molecule has 5 nitrogen and oxygen atoms in total. The van der Waals surface area contributed by atoms with Gasteiger partial charge in [0.2, 0.25) is 0 Å². The second kappa shape index (κ2) is 9.03. The molecule has 1 atom stereocenters. The molecular weight excluding hydrogens is 226 g/mol. The molecular formula is C13H27N5. The van der Waals surface area contributed by atoms with Crippen molar-refractivity contribution < 1.29 is 0 Å². The van der Waals surface area contributed by atoms with Crippen molar-refractivity contribution in [3.8, 4) is 0 Å². The molecule has 1 N–H and O–H groups in total. The maximum Gasteiger partial charge on any atom is 0.165 e. The Balaban J connectivity index is 2.46. The number of unbranched alkanes of at least 4 members (excludes halogenated alkanes) is 1. The molecule has 0 spiro atoms. The lowest BCUT2D eigenvalue weighted by Crippen LogP contribution is -2.20. The van der Waals surface area contributed by atoms with Crippen LogP contribution in [0.15, 0.2) is 0 Å². The van der Waals surface area contributed by atoms with Crippen molar-refractivity contribution in [1.82, 2.24) is 25.5 Å². The quantitative estimate of drug-likeness (QED) is 0.650. The van der Waals surface area contributed by atoms with Crippen molar-refractivity contribution in [1.29, 1.82) is 0 Å². The summed E-state index contributed by atoms with van der Waals surface area (Å²) in [6.07, 6.45) is 6.16. The van der Waals surface area contributed by atoms with Gasteiger partial charge in [0.15, 0.2) is 5.82 Å². The van der Waals surface area contributed by atoms with Gasteiger partial charge >= 0.3 is 0 Å². The number of nitrogens with one attached hydrogen (secondary N) is 1. The van der Waals surface area contributed by atoms with Crippen molar-refractivity contribution in [3.05, 3.63) is 5.82 Å². The van der Waals surface area contributed by atoms with Crippen LogP contribution in [0.5, 0.6) is 0 Å². The molecule has 0 aromatic carbocycles. The molecule has 18 heavy (non-hydrogen) atoms. The monoisotopic (exact) mass is 253 g/mol. The summed E-state index contributed by atoms with van der Waals surface area (Å²) >= 11 is 0. The summed E-state index contributed by atoms with van der Waals surface area (Å²) in [4.78, 5) is 0. The predicted octanol–water partition coefficient (Wildman–Crippen LogP) is 2.39. The van der Waals surface area contributed by atoms with E-state index in [2.05, 4.69) is 41.6 Å². The number of hydrogen-bond acceptors (Lipinski definition) is 4. The van der Waals surface area contributed by atoms with E-state index in [9.17, 15) is 0 Å². The minimum absolute atomic E-state index is 0.693. The molecule has 0 saturated carbocycles. The zero-order valence-corrected chi connectivity index (χ0v) is 12.0. The molecule has 0 aliphatic rings. The van der Waals surface area contributed by atoms with Crippen molar-refractivity contribution in [2.75, 3.05) is 6.54 Å². The van der Waals surface area contributed by atoms with Crippen LogP contribution in [0.4, 0.5) is 0 Å². The molecule has 0 saturated heterocycles. The van der Waals surface area contributed by atoms with Gasteiger partial charge in [-0.05, 0) is 35.7 Å². The van der Waals surface area contributed by atoms with Crippen LogP contribution in [-0.2, 0) is 13.1 Å². The summed E-state index contributed by atoms with van der Waals surface area (Å²) in [5.74, 6) is 1.65.